The summed E-state index contributed by atoms with van der Waals surface area (Å²) < 4.78 is 10.4. The van der Waals surface area contributed by atoms with Gasteiger partial charge >= 0.3 is 0 Å². The molecule has 0 fully saturated rings. The molecule has 1 N–H and O–H groups in total. The second kappa shape index (κ2) is 6.38. The summed E-state index contributed by atoms with van der Waals surface area (Å²) in [5.41, 5.74) is 0. The van der Waals surface area contributed by atoms with Gasteiger partial charge in [-0.15, -0.1) is 0 Å². The van der Waals surface area contributed by atoms with Gasteiger partial charge < -0.3 is 14.6 Å². The fourth-order valence-corrected chi connectivity index (χ4v) is 2.47. The number of hydrogen-bond donors (Lipinski definition) is 1. The van der Waals surface area contributed by atoms with Crippen molar-refractivity contribution in [2.24, 2.45) is 23.7 Å². The van der Waals surface area contributed by atoms with Crippen molar-refractivity contribution in [3.8, 4) is 0 Å². The first-order chi connectivity index (χ1) is 7.61. The van der Waals surface area contributed by atoms with E-state index in [0.717, 1.165) is 0 Å². The molecule has 0 saturated carbocycles. The van der Waals surface area contributed by atoms with Gasteiger partial charge in [0.2, 0.25) is 0 Å². The summed E-state index contributed by atoms with van der Waals surface area (Å²) in [7, 11) is 3.37. The van der Waals surface area contributed by atoms with E-state index in [9.17, 15) is 5.11 Å². The lowest BCUT2D eigenvalue weighted by molar-refractivity contribution is -0.0289. The maximum Gasteiger partial charge on any atom is 0.0661 e. The molecule has 0 amide bonds. The fraction of sp³-hybridized carbons (Fsp3) is 0.846. The zero-order valence-corrected chi connectivity index (χ0v) is 10.7. The third-order valence-corrected chi connectivity index (χ3v) is 3.45. The highest BCUT2D eigenvalue weighted by molar-refractivity contribution is 5.06. The van der Waals surface area contributed by atoms with E-state index >= 15 is 0 Å². The summed E-state index contributed by atoms with van der Waals surface area (Å²) in [5, 5.41) is 10.3. The number of hydrogen-bond acceptors (Lipinski definition) is 3. The van der Waals surface area contributed by atoms with E-state index in [2.05, 4.69) is 26.0 Å². The van der Waals surface area contributed by atoms with Crippen LogP contribution in [0.3, 0.4) is 0 Å². The van der Waals surface area contributed by atoms with Crippen molar-refractivity contribution in [2.45, 2.75) is 20.0 Å². The molecule has 0 unspecified atom stereocenters. The van der Waals surface area contributed by atoms with E-state index < -0.39 is 0 Å². The maximum absolute atomic E-state index is 10.3. The number of ether oxygens (including phenoxy) is 2. The quantitative estimate of drug-likeness (QED) is 0.728. The van der Waals surface area contributed by atoms with E-state index in [1.165, 1.54) is 0 Å². The highest BCUT2D eigenvalue weighted by Gasteiger charge is 2.36. The fourth-order valence-electron chi connectivity index (χ4n) is 2.47. The van der Waals surface area contributed by atoms with E-state index in [1.54, 1.807) is 14.2 Å². The van der Waals surface area contributed by atoms with Crippen LogP contribution >= 0.6 is 0 Å². The SMILES string of the molecule is COC[C@@H]1[C@H](O)[C@H](C(C)C)C=C[C@@H]1COC. The van der Waals surface area contributed by atoms with Gasteiger partial charge in [-0.05, 0) is 5.92 Å². The predicted octanol–water partition coefficient (Wildman–Crippen LogP) is 1.71. The first-order valence-corrected chi connectivity index (χ1v) is 5.96. The Morgan fingerprint density at radius 2 is 1.75 bits per heavy atom. The van der Waals surface area contributed by atoms with Gasteiger partial charge in [0.15, 0.2) is 0 Å². The lowest BCUT2D eigenvalue weighted by atomic mass is 9.73. The summed E-state index contributed by atoms with van der Waals surface area (Å²) >= 11 is 0. The number of aliphatic hydroxyl groups is 1. The van der Waals surface area contributed by atoms with Gasteiger partial charge in [-0.3, -0.25) is 0 Å². The Hall–Kier alpha value is -0.380. The lowest BCUT2D eigenvalue weighted by Gasteiger charge is -2.37. The van der Waals surface area contributed by atoms with Crippen molar-refractivity contribution < 1.29 is 14.6 Å². The topological polar surface area (TPSA) is 38.7 Å². The highest BCUT2D eigenvalue weighted by Crippen LogP contribution is 2.33. The number of rotatable bonds is 5. The minimum Gasteiger partial charge on any atom is -0.392 e. The second-order valence-corrected chi connectivity index (χ2v) is 4.94. The van der Waals surface area contributed by atoms with Crippen molar-refractivity contribution >= 4 is 0 Å². The summed E-state index contributed by atoms with van der Waals surface area (Å²) in [6.45, 7) is 5.51. The normalized spacial score (nSPS) is 34.6. The van der Waals surface area contributed by atoms with E-state index in [0.29, 0.717) is 19.1 Å². The predicted molar refractivity (Wildman–Crippen MR) is 64.2 cm³/mol. The van der Waals surface area contributed by atoms with Gasteiger partial charge in [0.25, 0.3) is 0 Å². The van der Waals surface area contributed by atoms with Crippen molar-refractivity contribution in [3.05, 3.63) is 12.2 Å². The molecular formula is C13H24O3. The first kappa shape index (κ1) is 13.7. The summed E-state index contributed by atoms with van der Waals surface area (Å²) in [6, 6.07) is 0. The Bertz CT molecular complexity index is 225. The van der Waals surface area contributed by atoms with Gasteiger partial charge in [-0.25, -0.2) is 0 Å². The molecule has 1 aliphatic carbocycles. The third-order valence-electron chi connectivity index (χ3n) is 3.45. The van der Waals surface area contributed by atoms with Gasteiger partial charge in [0.05, 0.1) is 19.3 Å². The number of aliphatic hydroxyl groups excluding tert-OH is 1. The molecule has 3 heteroatoms. The average Bonchev–Trinajstić information content (AvgIpc) is 2.23. The van der Waals surface area contributed by atoms with Gasteiger partial charge in [0.1, 0.15) is 0 Å². The summed E-state index contributed by atoms with van der Waals surface area (Å²) in [5.74, 6) is 1.08. The molecule has 0 aromatic heterocycles. The Morgan fingerprint density at radius 3 is 2.25 bits per heavy atom. The Kier molecular flexibility index (Phi) is 5.46. The smallest absolute Gasteiger partial charge is 0.0661 e. The Morgan fingerprint density at radius 1 is 1.12 bits per heavy atom. The molecule has 0 aromatic carbocycles. The molecule has 0 aliphatic heterocycles. The molecule has 0 aromatic rings. The van der Waals surface area contributed by atoms with Crippen molar-refractivity contribution in [1.82, 2.24) is 0 Å². The van der Waals surface area contributed by atoms with Crippen LogP contribution in [-0.2, 0) is 9.47 Å². The molecule has 3 nitrogen and oxygen atoms in total. The van der Waals surface area contributed by atoms with Crippen LogP contribution in [0.1, 0.15) is 13.8 Å². The van der Waals surface area contributed by atoms with Crippen LogP contribution in [0.5, 0.6) is 0 Å². The minimum atomic E-state index is -0.329. The molecule has 0 spiro atoms. The Balaban J connectivity index is 2.77. The zero-order valence-electron chi connectivity index (χ0n) is 10.7. The number of methoxy groups -OCH3 is 2. The van der Waals surface area contributed by atoms with E-state index in [4.69, 9.17) is 9.47 Å². The average molecular weight is 228 g/mol. The summed E-state index contributed by atoms with van der Waals surface area (Å²) in [4.78, 5) is 0. The van der Waals surface area contributed by atoms with Crippen LogP contribution in [0.25, 0.3) is 0 Å². The van der Waals surface area contributed by atoms with E-state index in [-0.39, 0.29) is 23.9 Å². The highest BCUT2D eigenvalue weighted by atomic mass is 16.5. The van der Waals surface area contributed by atoms with Crippen molar-refractivity contribution in [1.29, 1.82) is 0 Å². The molecule has 0 saturated heterocycles. The molecule has 4 atom stereocenters. The van der Waals surface area contributed by atoms with Gasteiger partial charge in [0, 0.05) is 32.0 Å². The van der Waals surface area contributed by atoms with Gasteiger partial charge in [-0.1, -0.05) is 26.0 Å². The molecule has 0 bridgehead atoms. The maximum atomic E-state index is 10.3. The standard InChI is InChI=1S/C13H24O3/c1-9(2)11-6-5-10(7-15-3)12(8-16-4)13(11)14/h5-6,9-14H,7-8H2,1-4H3/t10-,11+,12+,13-/m1/s1. The van der Waals surface area contributed by atoms with Crippen LogP contribution in [0.15, 0.2) is 12.2 Å². The molecule has 1 rings (SSSR count). The molecule has 0 radical (unpaired) electrons. The monoisotopic (exact) mass is 228 g/mol. The Labute approximate surface area is 98.4 Å². The molecule has 1 aliphatic rings. The van der Waals surface area contributed by atoms with Crippen LogP contribution in [0, 0.1) is 23.7 Å². The van der Waals surface area contributed by atoms with Crippen LogP contribution in [0.2, 0.25) is 0 Å². The minimum absolute atomic E-state index is 0.141. The van der Waals surface area contributed by atoms with Crippen molar-refractivity contribution in [2.75, 3.05) is 27.4 Å². The molecule has 16 heavy (non-hydrogen) atoms. The van der Waals surface area contributed by atoms with Crippen molar-refractivity contribution in [3.63, 3.8) is 0 Å². The second-order valence-electron chi connectivity index (χ2n) is 4.94. The van der Waals surface area contributed by atoms with Crippen LogP contribution < -0.4 is 0 Å². The summed E-state index contributed by atoms with van der Waals surface area (Å²) in [6.07, 6.45) is 3.97. The first-order valence-electron chi connectivity index (χ1n) is 5.96. The molecule has 94 valence electrons. The lowest BCUT2D eigenvalue weighted by Crippen LogP contribution is -2.42. The van der Waals surface area contributed by atoms with Gasteiger partial charge in [-0.2, -0.15) is 0 Å². The molecular weight excluding hydrogens is 204 g/mol. The van der Waals surface area contributed by atoms with Crippen LogP contribution in [0.4, 0.5) is 0 Å². The van der Waals surface area contributed by atoms with Crippen LogP contribution in [-0.4, -0.2) is 38.6 Å². The largest absolute Gasteiger partial charge is 0.392 e. The van der Waals surface area contributed by atoms with E-state index in [1.807, 2.05) is 0 Å². The zero-order chi connectivity index (χ0) is 12.1. The third kappa shape index (κ3) is 3.06. The molecule has 0 heterocycles.